The highest BCUT2D eigenvalue weighted by Gasteiger charge is 2.20. The van der Waals surface area contributed by atoms with E-state index in [4.69, 9.17) is 15.2 Å². The molecule has 3 aromatic rings. The summed E-state index contributed by atoms with van der Waals surface area (Å²) in [6.45, 7) is 5.08. The van der Waals surface area contributed by atoms with Crippen molar-refractivity contribution >= 4 is 22.8 Å². The quantitative estimate of drug-likeness (QED) is 0.574. The number of anilines is 1. The predicted octanol–water partition coefficient (Wildman–Crippen LogP) is 2.87. The summed E-state index contributed by atoms with van der Waals surface area (Å²) in [5, 5.41) is 3.82. The number of nitrogen functional groups attached to an aromatic ring is 1. The SMILES string of the molecule is Nc1nc(O[C@@H]2CCOC2)c2cc(-c3ccc(C(=O)NCCN4CCCC4)cc3)ccc2n1. The molecule has 2 saturated heterocycles. The van der Waals surface area contributed by atoms with E-state index in [1.165, 1.54) is 12.8 Å². The van der Waals surface area contributed by atoms with Crippen molar-refractivity contribution in [2.45, 2.75) is 25.4 Å². The summed E-state index contributed by atoms with van der Waals surface area (Å²) in [6, 6.07) is 13.5. The van der Waals surface area contributed by atoms with Crippen molar-refractivity contribution in [3.05, 3.63) is 48.0 Å². The first-order valence-electron chi connectivity index (χ1n) is 11.6. The average molecular weight is 448 g/mol. The second-order valence-electron chi connectivity index (χ2n) is 8.60. The van der Waals surface area contributed by atoms with Crippen LogP contribution in [0.4, 0.5) is 5.95 Å². The summed E-state index contributed by atoms with van der Waals surface area (Å²) in [7, 11) is 0. The molecular weight excluding hydrogens is 418 g/mol. The molecule has 2 aromatic carbocycles. The number of ether oxygens (including phenoxy) is 2. The molecule has 1 aromatic heterocycles. The summed E-state index contributed by atoms with van der Waals surface area (Å²) in [5.41, 5.74) is 9.26. The summed E-state index contributed by atoms with van der Waals surface area (Å²) >= 11 is 0. The maximum Gasteiger partial charge on any atom is 0.251 e. The van der Waals surface area contributed by atoms with E-state index in [-0.39, 0.29) is 18.0 Å². The number of hydrogen-bond acceptors (Lipinski definition) is 7. The van der Waals surface area contributed by atoms with Gasteiger partial charge in [0.1, 0.15) is 6.10 Å². The molecule has 2 aliphatic rings. The number of nitrogens with zero attached hydrogens (tertiary/aromatic N) is 3. The topological polar surface area (TPSA) is 103 Å². The molecule has 0 saturated carbocycles. The summed E-state index contributed by atoms with van der Waals surface area (Å²) in [4.78, 5) is 23.6. The number of likely N-dealkylation sites (tertiary alicyclic amines) is 1. The Bertz CT molecular complexity index is 1120. The fraction of sp³-hybridized carbons (Fsp3) is 0.400. The molecular formula is C25H29N5O3. The van der Waals surface area contributed by atoms with E-state index in [1.807, 2.05) is 42.5 Å². The van der Waals surface area contributed by atoms with Gasteiger partial charge in [-0.15, -0.1) is 0 Å². The fourth-order valence-electron chi connectivity index (χ4n) is 4.40. The molecule has 0 aliphatic carbocycles. The Kier molecular flexibility index (Phi) is 6.37. The number of benzene rings is 2. The van der Waals surface area contributed by atoms with Crippen LogP contribution in [0.2, 0.25) is 0 Å². The number of carbonyl (C=O) groups excluding carboxylic acids is 1. The first-order valence-corrected chi connectivity index (χ1v) is 11.6. The molecule has 2 aliphatic heterocycles. The Hall–Kier alpha value is -3.23. The molecule has 0 spiro atoms. The zero-order valence-electron chi connectivity index (χ0n) is 18.6. The van der Waals surface area contributed by atoms with Crippen LogP contribution < -0.4 is 15.8 Å². The van der Waals surface area contributed by atoms with Crippen molar-refractivity contribution in [2.75, 3.05) is 45.1 Å². The molecule has 3 heterocycles. The van der Waals surface area contributed by atoms with Gasteiger partial charge < -0.3 is 25.4 Å². The standard InChI is InChI=1S/C25H29N5O3/c26-25-28-22-8-7-19(15-21(22)24(29-25)33-20-9-14-32-16-20)17-3-5-18(6-4-17)23(31)27-10-13-30-11-1-2-12-30/h3-8,15,20H,1-2,9-14,16H2,(H,27,31)(H2,26,28,29)/t20-/m1/s1. The molecule has 8 nitrogen and oxygen atoms in total. The predicted molar refractivity (Wildman–Crippen MR) is 127 cm³/mol. The zero-order chi connectivity index (χ0) is 22.6. The van der Waals surface area contributed by atoms with Crippen LogP contribution in [-0.4, -0.2) is 66.3 Å². The van der Waals surface area contributed by atoms with Gasteiger partial charge >= 0.3 is 0 Å². The van der Waals surface area contributed by atoms with Crippen LogP contribution >= 0.6 is 0 Å². The normalized spacial score (nSPS) is 18.6. The number of hydrogen-bond donors (Lipinski definition) is 2. The largest absolute Gasteiger partial charge is 0.471 e. The molecule has 2 fully saturated rings. The molecule has 1 atom stereocenters. The van der Waals surface area contributed by atoms with Gasteiger partial charge in [-0.05, 0) is 61.3 Å². The summed E-state index contributed by atoms with van der Waals surface area (Å²) in [5.74, 6) is 0.616. The summed E-state index contributed by atoms with van der Waals surface area (Å²) in [6.07, 6.45) is 3.31. The van der Waals surface area contributed by atoms with Crippen LogP contribution in [0.1, 0.15) is 29.6 Å². The van der Waals surface area contributed by atoms with Crippen LogP contribution in [-0.2, 0) is 4.74 Å². The Morgan fingerprint density at radius 1 is 1.12 bits per heavy atom. The fourth-order valence-corrected chi connectivity index (χ4v) is 4.40. The molecule has 0 bridgehead atoms. The van der Waals surface area contributed by atoms with Gasteiger partial charge in [0, 0.05) is 25.1 Å². The molecule has 33 heavy (non-hydrogen) atoms. The van der Waals surface area contributed by atoms with Gasteiger partial charge in [0.05, 0.1) is 24.1 Å². The third kappa shape index (κ3) is 5.07. The molecule has 3 N–H and O–H groups in total. The van der Waals surface area contributed by atoms with Crippen LogP contribution in [0.25, 0.3) is 22.0 Å². The van der Waals surface area contributed by atoms with Crippen molar-refractivity contribution < 1.29 is 14.3 Å². The van der Waals surface area contributed by atoms with Gasteiger partial charge in [-0.1, -0.05) is 18.2 Å². The Morgan fingerprint density at radius 2 is 1.91 bits per heavy atom. The highest BCUT2D eigenvalue weighted by Crippen LogP contribution is 2.30. The van der Waals surface area contributed by atoms with Crippen LogP contribution in [0, 0.1) is 0 Å². The highest BCUT2D eigenvalue weighted by atomic mass is 16.5. The van der Waals surface area contributed by atoms with E-state index >= 15 is 0 Å². The lowest BCUT2D eigenvalue weighted by molar-refractivity contribution is 0.0950. The maximum atomic E-state index is 12.5. The monoisotopic (exact) mass is 447 g/mol. The van der Waals surface area contributed by atoms with Gasteiger partial charge in [-0.25, -0.2) is 4.98 Å². The van der Waals surface area contributed by atoms with Gasteiger partial charge in [0.2, 0.25) is 11.8 Å². The molecule has 1 amide bonds. The number of nitrogens with one attached hydrogen (secondary N) is 1. The van der Waals surface area contributed by atoms with Crippen LogP contribution in [0.3, 0.4) is 0 Å². The number of aromatic nitrogens is 2. The van der Waals surface area contributed by atoms with E-state index in [9.17, 15) is 4.79 Å². The maximum absolute atomic E-state index is 12.5. The van der Waals surface area contributed by atoms with Crippen LogP contribution in [0.15, 0.2) is 42.5 Å². The minimum atomic E-state index is -0.0439. The third-order valence-electron chi connectivity index (χ3n) is 6.24. The second kappa shape index (κ2) is 9.72. The number of nitrogens with two attached hydrogens (primary N) is 1. The molecule has 0 radical (unpaired) electrons. The zero-order valence-corrected chi connectivity index (χ0v) is 18.6. The number of carbonyl (C=O) groups is 1. The smallest absolute Gasteiger partial charge is 0.251 e. The van der Waals surface area contributed by atoms with Crippen molar-refractivity contribution in [1.82, 2.24) is 20.2 Å². The highest BCUT2D eigenvalue weighted by molar-refractivity contribution is 5.95. The van der Waals surface area contributed by atoms with Crippen molar-refractivity contribution in [3.8, 4) is 17.0 Å². The first-order chi connectivity index (χ1) is 16.2. The van der Waals surface area contributed by atoms with Crippen LogP contribution in [0.5, 0.6) is 5.88 Å². The second-order valence-corrected chi connectivity index (χ2v) is 8.60. The van der Waals surface area contributed by atoms with E-state index in [1.54, 1.807) is 0 Å². The number of rotatable bonds is 7. The number of amides is 1. The molecule has 172 valence electrons. The number of fused-ring (bicyclic) bond motifs is 1. The minimum absolute atomic E-state index is 0.0329. The lowest BCUT2D eigenvalue weighted by atomic mass is 10.0. The van der Waals surface area contributed by atoms with Gasteiger partial charge in [-0.3, -0.25) is 4.79 Å². The Morgan fingerprint density at radius 3 is 2.67 bits per heavy atom. The summed E-state index contributed by atoms with van der Waals surface area (Å²) < 4.78 is 11.5. The third-order valence-corrected chi connectivity index (χ3v) is 6.24. The Balaban J connectivity index is 1.31. The van der Waals surface area contributed by atoms with E-state index in [0.29, 0.717) is 31.2 Å². The molecule has 5 rings (SSSR count). The molecule has 0 unspecified atom stereocenters. The van der Waals surface area contributed by atoms with E-state index in [2.05, 4.69) is 20.2 Å². The lowest BCUT2D eigenvalue weighted by Gasteiger charge is -2.15. The van der Waals surface area contributed by atoms with E-state index < -0.39 is 0 Å². The average Bonchev–Trinajstić information content (AvgIpc) is 3.53. The molecule has 8 heteroatoms. The Labute approximate surface area is 193 Å². The van der Waals surface area contributed by atoms with Crippen molar-refractivity contribution in [3.63, 3.8) is 0 Å². The van der Waals surface area contributed by atoms with Gasteiger partial charge in [0.25, 0.3) is 5.91 Å². The minimum Gasteiger partial charge on any atom is -0.471 e. The lowest BCUT2D eigenvalue weighted by Crippen LogP contribution is -2.33. The van der Waals surface area contributed by atoms with Crippen molar-refractivity contribution in [2.24, 2.45) is 0 Å². The van der Waals surface area contributed by atoms with E-state index in [0.717, 1.165) is 48.1 Å². The first kappa shape index (κ1) is 21.6. The van der Waals surface area contributed by atoms with Gasteiger partial charge in [0.15, 0.2) is 0 Å². The van der Waals surface area contributed by atoms with Gasteiger partial charge in [-0.2, -0.15) is 4.98 Å². The van der Waals surface area contributed by atoms with Crippen molar-refractivity contribution in [1.29, 1.82) is 0 Å².